The molecule has 0 atom stereocenters. The largest absolute Gasteiger partial charge is 0.491 e. The third-order valence-corrected chi connectivity index (χ3v) is 4.74. The van der Waals surface area contributed by atoms with Crippen molar-refractivity contribution in [2.24, 2.45) is 4.99 Å². The van der Waals surface area contributed by atoms with Crippen LogP contribution in [-0.4, -0.2) is 46.5 Å². The zero-order valence-electron chi connectivity index (χ0n) is 18.4. The maximum absolute atomic E-state index is 5.90. The number of nitrogens with zero attached hydrogens (tertiary/aromatic N) is 1. The first kappa shape index (κ1) is 25.1. The molecule has 2 aromatic carbocycles. The van der Waals surface area contributed by atoms with E-state index in [4.69, 9.17) is 18.9 Å². The van der Waals surface area contributed by atoms with Gasteiger partial charge in [-0.2, -0.15) is 0 Å². The van der Waals surface area contributed by atoms with Gasteiger partial charge in [-0.3, -0.25) is 4.99 Å². The number of rotatable bonds is 8. The summed E-state index contributed by atoms with van der Waals surface area (Å²) in [6, 6.07) is 12.2. The molecule has 0 saturated carbocycles. The predicted octanol–water partition coefficient (Wildman–Crippen LogP) is 3.66. The molecule has 2 N–H and O–H groups in total. The van der Waals surface area contributed by atoms with Crippen LogP contribution in [0.2, 0.25) is 0 Å². The van der Waals surface area contributed by atoms with E-state index in [2.05, 4.69) is 34.7 Å². The lowest BCUT2D eigenvalue weighted by Crippen LogP contribution is -2.36. The summed E-state index contributed by atoms with van der Waals surface area (Å²) in [5.41, 5.74) is 3.25. The summed E-state index contributed by atoms with van der Waals surface area (Å²) < 4.78 is 22.6. The first-order chi connectivity index (χ1) is 14.7. The number of benzene rings is 2. The Bertz CT molecular complexity index is 861. The highest BCUT2D eigenvalue weighted by Crippen LogP contribution is 2.33. The molecule has 31 heavy (non-hydrogen) atoms. The highest BCUT2D eigenvalue weighted by molar-refractivity contribution is 14.0. The van der Waals surface area contributed by atoms with Gasteiger partial charge in [-0.05, 0) is 24.6 Å². The Hall–Kier alpha value is -2.20. The van der Waals surface area contributed by atoms with E-state index >= 15 is 0 Å². The normalized spacial score (nSPS) is 13.1. The average Bonchev–Trinajstić information content (AvgIpc) is 3.01. The summed E-state index contributed by atoms with van der Waals surface area (Å²) in [4.78, 5) is 4.33. The Morgan fingerprint density at radius 1 is 1.03 bits per heavy atom. The van der Waals surface area contributed by atoms with Crippen molar-refractivity contribution < 1.29 is 18.9 Å². The van der Waals surface area contributed by atoms with E-state index in [1.54, 1.807) is 14.2 Å². The van der Waals surface area contributed by atoms with E-state index in [1.807, 2.05) is 24.3 Å². The lowest BCUT2D eigenvalue weighted by atomic mass is 10.1. The Morgan fingerprint density at radius 2 is 1.81 bits per heavy atom. The van der Waals surface area contributed by atoms with Gasteiger partial charge in [-0.15, -0.1) is 24.0 Å². The number of fused-ring (bicyclic) bond motifs is 1. The summed E-state index contributed by atoms with van der Waals surface area (Å²) in [7, 11) is 3.42. The minimum absolute atomic E-state index is 0. The van der Waals surface area contributed by atoms with Gasteiger partial charge in [0.15, 0.2) is 17.5 Å². The number of hydrogen-bond acceptors (Lipinski definition) is 5. The number of aryl methyl sites for hydroxylation is 1. The lowest BCUT2D eigenvalue weighted by molar-refractivity contribution is 0.145. The van der Waals surface area contributed by atoms with Crippen LogP contribution < -0.4 is 24.8 Å². The Balaban J connectivity index is 0.00000341. The van der Waals surface area contributed by atoms with E-state index in [9.17, 15) is 0 Å². The molecule has 0 fully saturated rings. The third-order valence-electron chi connectivity index (χ3n) is 4.74. The average molecular weight is 541 g/mol. The van der Waals surface area contributed by atoms with E-state index in [1.165, 1.54) is 0 Å². The summed E-state index contributed by atoms with van der Waals surface area (Å²) >= 11 is 0. The van der Waals surface area contributed by atoms with Crippen molar-refractivity contribution in [2.45, 2.75) is 26.4 Å². The van der Waals surface area contributed by atoms with Gasteiger partial charge in [0, 0.05) is 44.8 Å². The monoisotopic (exact) mass is 541 g/mol. The van der Waals surface area contributed by atoms with Crippen molar-refractivity contribution in [3.63, 3.8) is 0 Å². The number of nitrogens with one attached hydrogen (secondary N) is 2. The van der Waals surface area contributed by atoms with Gasteiger partial charge < -0.3 is 29.6 Å². The minimum atomic E-state index is 0. The van der Waals surface area contributed by atoms with Crippen LogP contribution in [0.25, 0.3) is 0 Å². The zero-order valence-corrected chi connectivity index (χ0v) is 20.7. The molecule has 2 aromatic rings. The van der Waals surface area contributed by atoms with Gasteiger partial charge in [0.2, 0.25) is 0 Å². The first-order valence-electron chi connectivity index (χ1n) is 10.2. The molecule has 0 amide bonds. The van der Waals surface area contributed by atoms with Gasteiger partial charge in [-0.1, -0.05) is 24.3 Å². The van der Waals surface area contributed by atoms with Crippen LogP contribution in [0.15, 0.2) is 41.4 Å². The maximum Gasteiger partial charge on any atom is 0.191 e. The van der Waals surface area contributed by atoms with Crippen LogP contribution in [0.4, 0.5) is 0 Å². The van der Waals surface area contributed by atoms with Crippen LogP contribution in [0.3, 0.4) is 0 Å². The summed E-state index contributed by atoms with van der Waals surface area (Å²) in [5, 5.41) is 6.71. The quantitative estimate of drug-likeness (QED) is 0.230. The van der Waals surface area contributed by atoms with Gasteiger partial charge >= 0.3 is 0 Å². The fraction of sp³-hybridized carbons (Fsp3) is 0.435. The van der Waals surface area contributed by atoms with E-state index in [0.29, 0.717) is 45.5 Å². The first-order valence-corrected chi connectivity index (χ1v) is 10.2. The lowest BCUT2D eigenvalue weighted by Gasteiger charge is -2.17. The zero-order chi connectivity index (χ0) is 21.2. The molecular formula is C23H32IN3O4. The molecule has 3 rings (SSSR count). The van der Waals surface area contributed by atoms with Crippen molar-refractivity contribution in [3.8, 4) is 17.2 Å². The molecule has 1 aliphatic rings. The second-order valence-corrected chi connectivity index (χ2v) is 7.03. The smallest absolute Gasteiger partial charge is 0.191 e. The Morgan fingerprint density at radius 3 is 2.58 bits per heavy atom. The number of halogens is 1. The minimum Gasteiger partial charge on any atom is -0.491 e. The van der Waals surface area contributed by atoms with Crippen molar-refractivity contribution >= 4 is 29.9 Å². The van der Waals surface area contributed by atoms with Gasteiger partial charge in [0.1, 0.15) is 12.4 Å². The summed E-state index contributed by atoms with van der Waals surface area (Å²) in [5.74, 6) is 3.16. The molecule has 0 radical (unpaired) electrons. The third kappa shape index (κ3) is 7.46. The molecule has 0 saturated heterocycles. The second-order valence-electron chi connectivity index (χ2n) is 7.03. The van der Waals surface area contributed by atoms with E-state index in [0.717, 1.165) is 40.4 Å². The van der Waals surface area contributed by atoms with Crippen LogP contribution in [0, 0.1) is 6.92 Å². The molecule has 7 nitrogen and oxygen atoms in total. The van der Waals surface area contributed by atoms with Crippen LogP contribution in [0.1, 0.15) is 23.1 Å². The molecule has 0 unspecified atom stereocenters. The SMILES string of the molecule is CN=C(NCc1ccc(C)cc1OCCOC)NCc1cccc2c1OCCCO2.I. The van der Waals surface area contributed by atoms with Gasteiger partial charge in [-0.25, -0.2) is 0 Å². The topological polar surface area (TPSA) is 73.3 Å². The number of guanidine groups is 1. The van der Waals surface area contributed by atoms with Crippen LogP contribution in [0.5, 0.6) is 17.2 Å². The highest BCUT2D eigenvalue weighted by atomic mass is 127. The fourth-order valence-electron chi connectivity index (χ4n) is 3.15. The molecule has 1 heterocycles. The van der Waals surface area contributed by atoms with Gasteiger partial charge in [0.05, 0.1) is 19.8 Å². The molecular weight excluding hydrogens is 509 g/mol. The maximum atomic E-state index is 5.90. The Kier molecular flexibility index (Phi) is 10.7. The summed E-state index contributed by atoms with van der Waals surface area (Å²) in [6.45, 7) is 5.63. The number of para-hydroxylation sites is 1. The number of methoxy groups -OCH3 is 1. The van der Waals surface area contributed by atoms with Crippen LogP contribution >= 0.6 is 24.0 Å². The number of aliphatic imine (C=N–C) groups is 1. The van der Waals surface area contributed by atoms with E-state index in [-0.39, 0.29) is 24.0 Å². The molecule has 0 aliphatic carbocycles. The van der Waals surface area contributed by atoms with Gasteiger partial charge in [0.25, 0.3) is 0 Å². The molecule has 170 valence electrons. The Labute approximate surface area is 201 Å². The number of ether oxygens (including phenoxy) is 4. The van der Waals surface area contributed by atoms with Crippen molar-refractivity contribution in [1.29, 1.82) is 0 Å². The highest BCUT2D eigenvalue weighted by Gasteiger charge is 2.14. The predicted molar refractivity (Wildman–Crippen MR) is 133 cm³/mol. The molecule has 0 bridgehead atoms. The summed E-state index contributed by atoms with van der Waals surface area (Å²) in [6.07, 6.45) is 0.885. The number of hydrogen-bond donors (Lipinski definition) is 2. The van der Waals surface area contributed by atoms with Crippen molar-refractivity contribution in [3.05, 3.63) is 53.1 Å². The van der Waals surface area contributed by atoms with Crippen molar-refractivity contribution in [2.75, 3.05) is 40.6 Å². The molecule has 0 aromatic heterocycles. The fourth-order valence-corrected chi connectivity index (χ4v) is 3.15. The second kappa shape index (κ2) is 13.3. The molecule has 1 aliphatic heterocycles. The standard InChI is InChI=1S/C23H31N3O4.HI/c1-17-8-9-18(21(14-17)29-13-12-27-3)15-25-23(24-2)26-16-19-6-4-7-20-22(19)30-11-5-10-28-20;/h4,6-9,14H,5,10-13,15-16H2,1-3H3,(H2,24,25,26);1H. The molecule has 8 heteroatoms. The molecule has 0 spiro atoms. The van der Waals surface area contributed by atoms with E-state index < -0.39 is 0 Å². The van der Waals surface area contributed by atoms with Crippen LogP contribution in [-0.2, 0) is 17.8 Å². The van der Waals surface area contributed by atoms with Crippen molar-refractivity contribution in [1.82, 2.24) is 10.6 Å².